The van der Waals surface area contributed by atoms with Gasteiger partial charge in [-0.05, 0) is 48.5 Å². The second-order valence-electron chi connectivity index (χ2n) is 6.39. The second kappa shape index (κ2) is 7.43. The Kier molecular flexibility index (Phi) is 4.78. The van der Waals surface area contributed by atoms with Crippen molar-refractivity contribution in [2.75, 3.05) is 5.32 Å². The Bertz CT molecular complexity index is 1230. The zero-order chi connectivity index (χ0) is 21.3. The van der Waals surface area contributed by atoms with E-state index in [2.05, 4.69) is 20.3 Å². The number of carbonyl (C=O) groups is 2. The molecule has 0 bridgehead atoms. The lowest BCUT2D eigenvalue weighted by atomic mass is 10.1. The number of nitrogens with one attached hydrogen (secondary N) is 2. The molecule has 4 rings (SSSR count). The van der Waals surface area contributed by atoms with Gasteiger partial charge in [0.2, 0.25) is 0 Å². The average molecular weight is 410 g/mol. The molecular weight excluding hydrogens is 397 g/mol. The van der Waals surface area contributed by atoms with Crippen LogP contribution in [0, 0.1) is 0 Å². The molecule has 0 radical (unpaired) electrons. The molecule has 30 heavy (non-hydrogen) atoms. The van der Waals surface area contributed by atoms with Gasteiger partial charge in [-0.1, -0.05) is 0 Å². The minimum Gasteiger partial charge on any atom is -0.345 e. The monoisotopic (exact) mass is 410 g/mol. The highest BCUT2D eigenvalue weighted by molar-refractivity contribution is 6.15. The van der Waals surface area contributed by atoms with Crippen LogP contribution >= 0.6 is 0 Å². The summed E-state index contributed by atoms with van der Waals surface area (Å²) in [4.78, 5) is 36.1. The van der Waals surface area contributed by atoms with Crippen LogP contribution in [-0.2, 0) is 6.18 Å². The highest BCUT2D eigenvalue weighted by atomic mass is 19.4. The second-order valence-corrected chi connectivity index (χ2v) is 6.39. The minimum absolute atomic E-state index is 0.0521. The van der Waals surface area contributed by atoms with E-state index in [1.165, 1.54) is 18.3 Å². The Hall–Kier alpha value is -4.01. The molecule has 6 nitrogen and oxygen atoms in total. The number of carbonyl (C=O) groups excluding carboxylic acids is 2. The van der Waals surface area contributed by atoms with Crippen LogP contribution in [-0.4, -0.2) is 26.6 Å². The molecule has 1 aromatic carbocycles. The van der Waals surface area contributed by atoms with Crippen LogP contribution in [0.1, 0.15) is 31.8 Å². The van der Waals surface area contributed by atoms with Crippen molar-refractivity contribution in [1.82, 2.24) is 15.0 Å². The van der Waals surface area contributed by atoms with Gasteiger partial charge >= 0.3 is 6.18 Å². The maximum atomic E-state index is 12.7. The predicted molar refractivity (Wildman–Crippen MR) is 103 cm³/mol. The topological polar surface area (TPSA) is 87.7 Å². The van der Waals surface area contributed by atoms with E-state index in [0.717, 1.165) is 24.3 Å². The number of ketones is 1. The quantitative estimate of drug-likeness (QED) is 0.486. The first-order valence-corrected chi connectivity index (χ1v) is 8.74. The number of pyridine rings is 2. The minimum atomic E-state index is -4.47. The van der Waals surface area contributed by atoms with E-state index in [4.69, 9.17) is 0 Å². The number of halogens is 3. The van der Waals surface area contributed by atoms with Crippen molar-refractivity contribution in [3.8, 4) is 0 Å². The molecular formula is C21H13F3N4O2. The maximum Gasteiger partial charge on any atom is 0.416 e. The molecule has 9 heteroatoms. The largest absolute Gasteiger partial charge is 0.416 e. The molecule has 0 aliphatic carbocycles. The van der Waals surface area contributed by atoms with Crippen molar-refractivity contribution < 1.29 is 22.8 Å². The van der Waals surface area contributed by atoms with E-state index < -0.39 is 17.6 Å². The summed E-state index contributed by atoms with van der Waals surface area (Å²) in [5.41, 5.74) is 0.562. The summed E-state index contributed by atoms with van der Waals surface area (Å²) in [6.07, 6.45) is 0.0305. The fourth-order valence-corrected chi connectivity index (χ4v) is 2.90. The molecule has 0 atom stereocenters. The van der Waals surface area contributed by atoms with Gasteiger partial charge < -0.3 is 10.3 Å². The molecule has 3 aromatic heterocycles. The van der Waals surface area contributed by atoms with Crippen LogP contribution in [0.15, 0.2) is 67.1 Å². The van der Waals surface area contributed by atoms with E-state index in [1.807, 2.05) is 0 Å². The van der Waals surface area contributed by atoms with E-state index in [9.17, 15) is 22.8 Å². The van der Waals surface area contributed by atoms with Gasteiger partial charge in [0.05, 0.1) is 5.56 Å². The van der Waals surface area contributed by atoms with E-state index in [-0.39, 0.29) is 17.2 Å². The number of alkyl halides is 3. The summed E-state index contributed by atoms with van der Waals surface area (Å²) in [6.45, 7) is 0. The van der Waals surface area contributed by atoms with Crippen molar-refractivity contribution in [3.05, 3.63) is 89.4 Å². The van der Waals surface area contributed by atoms with Crippen LogP contribution in [0.3, 0.4) is 0 Å². The lowest BCUT2D eigenvalue weighted by Crippen LogP contribution is -2.14. The molecule has 0 saturated heterocycles. The van der Waals surface area contributed by atoms with Gasteiger partial charge in [0.15, 0.2) is 5.78 Å². The molecule has 0 aliphatic heterocycles. The van der Waals surface area contributed by atoms with Crippen LogP contribution in [0.2, 0.25) is 0 Å². The number of rotatable bonds is 4. The molecule has 2 N–H and O–H groups in total. The van der Waals surface area contributed by atoms with Crippen LogP contribution in [0.5, 0.6) is 0 Å². The van der Waals surface area contributed by atoms with Crippen molar-refractivity contribution in [1.29, 1.82) is 0 Å². The Morgan fingerprint density at radius 1 is 0.933 bits per heavy atom. The first-order chi connectivity index (χ1) is 14.3. The fourth-order valence-electron chi connectivity index (χ4n) is 2.90. The van der Waals surface area contributed by atoms with Gasteiger partial charge in [0.1, 0.15) is 11.5 Å². The van der Waals surface area contributed by atoms with Crippen molar-refractivity contribution in [2.45, 2.75) is 6.18 Å². The third-order valence-corrected chi connectivity index (χ3v) is 4.44. The summed E-state index contributed by atoms with van der Waals surface area (Å²) < 4.78 is 37.8. The number of H-pyrrole nitrogens is 1. The van der Waals surface area contributed by atoms with Gasteiger partial charge in [-0.2, -0.15) is 13.2 Å². The summed E-state index contributed by atoms with van der Waals surface area (Å²) in [6, 6.07) is 10.3. The summed E-state index contributed by atoms with van der Waals surface area (Å²) in [5, 5.41) is 3.17. The maximum absolute atomic E-state index is 12.7. The van der Waals surface area contributed by atoms with Crippen LogP contribution in [0.4, 0.5) is 19.0 Å². The standard InChI is InChI=1S/C21H13F3N4O2/c22-21(23,24)14-6-3-12(4-7-14)20(30)28-17-8-5-13(10-26-17)18(29)16-11-27-19-15(16)2-1-9-25-19/h1-11H,(H,25,27)(H,26,28,30). The first kappa shape index (κ1) is 19.3. The Morgan fingerprint density at radius 3 is 2.33 bits per heavy atom. The lowest BCUT2D eigenvalue weighted by Gasteiger charge is -2.08. The SMILES string of the molecule is O=C(Nc1ccc(C(=O)c2c[nH]c3ncccc23)cn1)c1ccc(C(F)(F)F)cc1. The number of aromatic nitrogens is 3. The molecule has 3 heterocycles. The summed E-state index contributed by atoms with van der Waals surface area (Å²) >= 11 is 0. The number of nitrogens with zero attached hydrogens (tertiary/aromatic N) is 2. The average Bonchev–Trinajstić information content (AvgIpc) is 3.17. The molecule has 1 amide bonds. The smallest absolute Gasteiger partial charge is 0.345 e. The van der Waals surface area contributed by atoms with Gasteiger partial charge in [0, 0.05) is 40.7 Å². The van der Waals surface area contributed by atoms with Crippen LogP contribution in [0.25, 0.3) is 11.0 Å². The van der Waals surface area contributed by atoms with Crippen molar-refractivity contribution in [3.63, 3.8) is 0 Å². The molecule has 0 unspecified atom stereocenters. The number of aromatic amines is 1. The summed E-state index contributed by atoms with van der Waals surface area (Å²) in [5.74, 6) is -0.711. The number of hydrogen-bond donors (Lipinski definition) is 2. The summed E-state index contributed by atoms with van der Waals surface area (Å²) in [7, 11) is 0. The third kappa shape index (κ3) is 3.77. The Labute approximate surface area is 167 Å². The fraction of sp³-hybridized carbons (Fsp3) is 0.0476. The third-order valence-electron chi connectivity index (χ3n) is 4.44. The van der Waals surface area contributed by atoms with Crippen LogP contribution < -0.4 is 5.32 Å². The molecule has 4 aromatic rings. The van der Waals surface area contributed by atoms with E-state index in [0.29, 0.717) is 22.2 Å². The highest BCUT2D eigenvalue weighted by Crippen LogP contribution is 2.29. The van der Waals surface area contributed by atoms with Gasteiger partial charge in [-0.25, -0.2) is 9.97 Å². The number of amides is 1. The van der Waals surface area contributed by atoms with E-state index in [1.54, 1.807) is 24.5 Å². The lowest BCUT2D eigenvalue weighted by molar-refractivity contribution is -0.137. The Balaban J connectivity index is 1.48. The van der Waals surface area contributed by atoms with Crippen molar-refractivity contribution >= 4 is 28.5 Å². The van der Waals surface area contributed by atoms with Crippen molar-refractivity contribution in [2.24, 2.45) is 0 Å². The number of benzene rings is 1. The Morgan fingerprint density at radius 2 is 1.67 bits per heavy atom. The van der Waals surface area contributed by atoms with Gasteiger partial charge in [0.25, 0.3) is 5.91 Å². The molecule has 150 valence electrons. The molecule has 0 saturated carbocycles. The molecule has 0 aliphatic rings. The van der Waals surface area contributed by atoms with Gasteiger partial charge in [-0.15, -0.1) is 0 Å². The zero-order valence-electron chi connectivity index (χ0n) is 15.2. The first-order valence-electron chi connectivity index (χ1n) is 8.74. The highest BCUT2D eigenvalue weighted by Gasteiger charge is 2.30. The normalized spacial score (nSPS) is 11.4. The zero-order valence-corrected chi connectivity index (χ0v) is 15.2. The van der Waals surface area contributed by atoms with E-state index >= 15 is 0 Å². The number of fused-ring (bicyclic) bond motifs is 1. The predicted octanol–water partition coefficient (Wildman–Crippen LogP) is 4.46. The number of hydrogen-bond acceptors (Lipinski definition) is 4. The number of anilines is 1. The molecule has 0 fully saturated rings. The molecule has 0 spiro atoms. The van der Waals surface area contributed by atoms with Gasteiger partial charge in [-0.3, -0.25) is 9.59 Å².